The number of amides is 1. The van der Waals surface area contributed by atoms with Crippen molar-refractivity contribution in [2.45, 2.75) is 17.8 Å². The van der Waals surface area contributed by atoms with Gasteiger partial charge in [-0.1, -0.05) is 70.2 Å². The highest BCUT2D eigenvalue weighted by atomic mass is 79.9. The Morgan fingerprint density at radius 1 is 1.17 bits per heavy atom. The molecule has 0 bridgehead atoms. The number of aromatic nitrogens is 2. The van der Waals surface area contributed by atoms with E-state index in [4.69, 9.17) is 4.74 Å². The summed E-state index contributed by atoms with van der Waals surface area (Å²) in [4.78, 5) is 20.7. The fraction of sp³-hybridized carbons (Fsp3) is 0.143. The third kappa shape index (κ3) is 7.32. The first-order valence-electron chi connectivity index (χ1n) is 8.81. The van der Waals surface area contributed by atoms with Crippen LogP contribution in [-0.2, 0) is 10.5 Å². The van der Waals surface area contributed by atoms with Gasteiger partial charge in [0.25, 0.3) is 5.91 Å². The first kappa shape index (κ1) is 21.0. The van der Waals surface area contributed by atoms with Crippen molar-refractivity contribution in [2.24, 2.45) is 5.10 Å². The van der Waals surface area contributed by atoms with Crippen molar-refractivity contribution >= 4 is 39.8 Å². The van der Waals surface area contributed by atoms with E-state index >= 15 is 0 Å². The minimum Gasteiger partial charge on any atom is -0.467 e. The number of hydrazone groups is 1. The van der Waals surface area contributed by atoms with Gasteiger partial charge in [-0.25, -0.2) is 10.4 Å². The number of benzene rings is 2. The number of ether oxygens (including phenoxy) is 1. The average molecular weight is 471 g/mol. The molecule has 1 heterocycles. The summed E-state index contributed by atoms with van der Waals surface area (Å²) in [6.45, 7) is 1.68. The minimum atomic E-state index is -0.367. The number of thioether (sulfide) groups is 1. The fourth-order valence-corrected chi connectivity index (χ4v) is 3.39. The van der Waals surface area contributed by atoms with Crippen molar-refractivity contribution in [1.82, 2.24) is 15.4 Å². The molecule has 3 rings (SSSR count). The molecule has 148 valence electrons. The van der Waals surface area contributed by atoms with Crippen LogP contribution in [0.3, 0.4) is 0 Å². The number of rotatable bonds is 8. The number of carbonyl (C=O) groups is 1. The van der Waals surface area contributed by atoms with Crippen molar-refractivity contribution in [3.8, 4) is 5.88 Å². The molecular weight excluding hydrogens is 452 g/mol. The summed E-state index contributed by atoms with van der Waals surface area (Å²) in [6, 6.07) is 19.4. The van der Waals surface area contributed by atoms with Gasteiger partial charge < -0.3 is 4.74 Å². The number of hydrogen-bond acceptors (Lipinski definition) is 6. The van der Waals surface area contributed by atoms with Crippen LogP contribution in [0.1, 0.15) is 16.8 Å². The molecule has 3 aromatic rings. The predicted octanol–water partition coefficient (Wildman–Crippen LogP) is 4.37. The molecule has 6 nitrogen and oxygen atoms in total. The smallest absolute Gasteiger partial charge is 0.278 e. The maximum atomic E-state index is 11.9. The third-order valence-corrected chi connectivity index (χ3v) is 5.09. The highest BCUT2D eigenvalue weighted by molar-refractivity contribution is 9.10. The number of halogens is 1. The van der Waals surface area contributed by atoms with Crippen LogP contribution in [0.25, 0.3) is 0 Å². The summed E-state index contributed by atoms with van der Waals surface area (Å²) in [6.07, 6.45) is 1.57. The Morgan fingerprint density at radius 2 is 1.93 bits per heavy atom. The van der Waals surface area contributed by atoms with E-state index in [1.165, 1.54) is 17.3 Å². The number of carbonyl (C=O) groups excluding carboxylic acids is 1. The molecule has 0 aliphatic carbocycles. The Hall–Kier alpha value is -2.71. The van der Waals surface area contributed by atoms with E-state index in [0.29, 0.717) is 11.0 Å². The van der Waals surface area contributed by atoms with Crippen LogP contribution in [0.4, 0.5) is 0 Å². The number of nitrogens with one attached hydrogen (secondary N) is 1. The summed E-state index contributed by atoms with van der Waals surface area (Å²) in [5, 5.41) is 4.53. The molecule has 1 aromatic heterocycles. The lowest BCUT2D eigenvalue weighted by Crippen LogP contribution is -2.24. The average Bonchev–Trinajstić information content (AvgIpc) is 2.73. The largest absolute Gasteiger partial charge is 0.467 e. The monoisotopic (exact) mass is 470 g/mol. The van der Waals surface area contributed by atoms with E-state index in [2.05, 4.69) is 48.6 Å². The van der Waals surface area contributed by atoms with Gasteiger partial charge in [0.1, 0.15) is 0 Å². The molecule has 0 aliphatic heterocycles. The van der Waals surface area contributed by atoms with Gasteiger partial charge in [0.2, 0.25) is 5.88 Å². The minimum absolute atomic E-state index is 0.184. The quantitative estimate of drug-likeness (QED) is 0.229. The van der Waals surface area contributed by atoms with Gasteiger partial charge in [-0.3, -0.25) is 4.79 Å². The molecule has 0 unspecified atom stereocenters. The van der Waals surface area contributed by atoms with Gasteiger partial charge in [-0.15, -0.1) is 0 Å². The number of hydrogen-bond donors (Lipinski definition) is 1. The van der Waals surface area contributed by atoms with Crippen molar-refractivity contribution in [1.29, 1.82) is 0 Å². The molecule has 0 aliphatic rings. The SMILES string of the molecule is Cc1cc(OCC(=O)N/N=C\c2ccc(Br)cc2)nc(SCc2ccccc2)n1. The molecule has 0 radical (unpaired) electrons. The Kier molecular flexibility index (Phi) is 7.77. The first-order valence-corrected chi connectivity index (χ1v) is 10.6. The number of nitrogens with zero attached hydrogens (tertiary/aromatic N) is 3. The molecular formula is C21H19BrN4O2S. The van der Waals surface area contributed by atoms with Crippen LogP contribution in [0.15, 0.2) is 75.4 Å². The van der Waals surface area contributed by atoms with Crippen LogP contribution in [0.2, 0.25) is 0 Å². The summed E-state index contributed by atoms with van der Waals surface area (Å²) in [5.74, 6) is 0.753. The van der Waals surface area contributed by atoms with Gasteiger partial charge in [0.15, 0.2) is 11.8 Å². The molecule has 1 amide bonds. The fourth-order valence-electron chi connectivity index (χ4n) is 2.27. The zero-order valence-electron chi connectivity index (χ0n) is 15.7. The zero-order valence-corrected chi connectivity index (χ0v) is 18.1. The molecule has 0 fully saturated rings. The van der Waals surface area contributed by atoms with Crippen molar-refractivity contribution < 1.29 is 9.53 Å². The van der Waals surface area contributed by atoms with Gasteiger partial charge in [-0.2, -0.15) is 10.1 Å². The van der Waals surface area contributed by atoms with Gasteiger partial charge >= 0.3 is 0 Å². The van der Waals surface area contributed by atoms with Gasteiger partial charge in [0, 0.05) is 22.0 Å². The molecule has 0 atom stereocenters. The summed E-state index contributed by atoms with van der Waals surface area (Å²) in [7, 11) is 0. The maximum Gasteiger partial charge on any atom is 0.278 e. The zero-order chi connectivity index (χ0) is 20.5. The van der Waals surface area contributed by atoms with Crippen LogP contribution in [0, 0.1) is 6.92 Å². The molecule has 1 N–H and O–H groups in total. The van der Waals surface area contributed by atoms with E-state index in [1.54, 1.807) is 12.3 Å². The second-order valence-corrected chi connectivity index (χ2v) is 7.90. The van der Waals surface area contributed by atoms with Crippen molar-refractivity contribution in [3.05, 3.63) is 82.0 Å². The maximum absolute atomic E-state index is 11.9. The van der Waals surface area contributed by atoms with Gasteiger partial charge in [-0.05, 0) is 30.2 Å². The topological polar surface area (TPSA) is 76.5 Å². The van der Waals surface area contributed by atoms with Crippen LogP contribution >= 0.6 is 27.7 Å². The van der Waals surface area contributed by atoms with Gasteiger partial charge in [0.05, 0.1) is 6.21 Å². The number of aryl methyl sites for hydroxylation is 1. The third-order valence-electron chi connectivity index (χ3n) is 3.64. The Labute approximate surface area is 181 Å². The molecule has 8 heteroatoms. The lowest BCUT2D eigenvalue weighted by molar-refractivity contribution is -0.123. The van der Waals surface area contributed by atoms with Crippen molar-refractivity contribution in [2.75, 3.05) is 6.61 Å². The van der Waals surface area contributed by atoms with Crippen molar-refractivity contribution in [3.63, 3.8) is 0 Å². The molecule has 2 aromatic carbocycles. The standard InChI is InChI=1S/C21H19BrN4O2S/c1-15-11-20(25-21(24-15)29-14-17-5-3-2-4-6-17)28-13-19(27)26-23-12-16-7-9-18(22)10-8-16/h2-12H,13-14H2,1H3,(H,26,27)/b23-12-. The van der Waals surface area contributed by atoms with E-state index in [9.17, 15) is 4.79 Å². The first-order chi connectivity index (χ1) is 14.1. The Balaban J connectivity index is 1.49. The molecule has 29 heavy (non-hydrogen) atoms. The van der Waals surface area contributed by atoms with Crippen LogP contribution in [-0.4, -0.2) is 28.7 Å². The lowest BCUT2D eigenvalue weighted by Gasteiger charge is -2.07. The molecule has 0 saturated carbocycles. The van der Waals surface area contributed by atoms with E-state index in [-0.39, 0.29) is 12.5 Å². The predicted molar refractivity (Wildman–Crippen MR) is 118 cm³/mol. The molecule has 0 spiro atoms. The lowest BCUT2D eigenvalue weighted by atomic mass is 10.2. The second-order valence-electron chi connectivity index (χ2n) is 6.04. The Morgan fingerprint density at radius 3 is 2.69 bits per heavy atom. The van der Waals surface area contributed by atoms with Crippen LogP contribution < -0.4 is 10.2 Å². The summed E-state index contributed by atoms with van der Waals surface area (Å²) in [5.41, 5.74) is 5.28. The normalized spacial score (nSPS) is 10.8. The van der Waals surface area contributed by atoms with E-state index in [1.807, 2.05) is 49.4 Å². The highest BCUT2D eigenvalue weighted by Crippen LogP contribution is 2.21. The van der Waals surface area contributed by atoms with Crippen LogP contribution in [0.5, 0.6) is 5.88 Å². The Bertz CT molecular complexity index is 982. The summed E-state index contributed by atoms with van der Waals surface area (Å²) >= 11 is 4.89. The highest BCUT2D eigenvalue weighted by Gasteiger charge is 2.07. The second kappa shape index (κ2) is 10.7. The molecule has 0 saturated heterocycles. The van der Waals surface area contributed by atoms with E-state index in [0.717, 1.165) is 21.5 Å². The summed E-state index contributed by atoms with van der Waals surface area (Å²) < 4.78 is 6.48. The van der Waals surface area contributed by atoms with E-state index < -0.39 is 0 Å².